The number of para-hydroxylation sites is 1. The van der Waals surface area contributed by atoms with Crippen LogP contribution < -0.4 is 11.1 Å². The summed E-state index contributed by atoms with van der Waals surface area (Å²) in [5, 5.41) is 28.4. The Labute approximate surface area is 220 Å². The number of carbonyl (C=O) groups excluding carboxylic acids is 1. The maximum absolute atomic E-state index is 14.0. The topological polar surface area (TPSA) is 126 Å². The quantitative estimate of drug-likeness (QED) is 0.233. The van der Waals surface area contributed by atoms with Crippen LogP contribution in [0.5, 0.6) is 5.75 Å². The van der Waals surface area contributed by atoms with Gasteiger partial charge in [-0.2, -0.15) is 18.3 Å². The van der Waals surface area contributed by atoms with E-state index >= 15 is 0 Å². The van der Waals surface area contributed by atoms with Crippen LogP contribution in [0.25, 0.3) is 16.9 Å². The van der Waals surface area contributed by atoms with E-state index in [1.807, 2.05) is 0 Å². The molecule has 12 heteroatoms. The number of carbonyl (C=O) groups is 1. The number of aromatic hydroxyl groups is 1. The number of fused-ring (bicyclic) bond motifs is 1. The summed E-state index contributed by atoms with van der Waals surface area (Å²) in [5.74, 6) is -2.09. The fourth-order valence-corrected chi connectivity index (χ4v) is 4.80. The van der Waals surface area contributed by atoms with Gasteiger partial charge < -0.3 is 21.3 Å². The van der Waals surface area contributed by atoms with Gasteiger partial charge >= 0.3 is 6.18 Å². The van der Waals surface area contributed by atoms with Crippen molar-refractivity contribution in [2.75, 3.05) is 11.9 Å². The first-order valence-electron chi connectivity index (χ1n) is 12.2. The number of nitrogens with zero attached hydrogens (tertiary/aromatic N) is 3. The number of nitrogens with one attached hydrogen (secondary N) is 1. The van der Waals surface area contributed by atoms with E-state index in [1.165, 1.54) is 28.9 Å². The van der Waals surface area contributed by atoms with Crippen molar-refractivity contribution >= 4 is 17.2 Å². The summed E-state index contributed by atoms with van der Waals surface area (Å²) in [7, 11) is 0. The lowest BCUT2D eigenvalue weighted by atomic mass is 9.92. The molecule has 5 rings (SSSR count). The van der Waals surface area contributed by atoms with Gasteiger partial charge in [0.15, 0.2) is 17.2 Å². The highest BCUT2D eigenvalue weighted by Crippen LogP contribution is 2.47. The number of rotatable bonds is 8. The monoisotopic (exact) mass is 543 g/mol. The van der Waals surface area contributed by atoms with E-state index in [4.69, 9.17) is 5.73 Å². The van der Waals surface area contributed by atoms with Gasteiger partial charge in [-0.15, -0.1) is 0 Å². The summed E-state index contributed by atoms with van der Waals surface area (Å²) in [5.41, 5.74) is 8.88. The van der Waals surface area contributed by atoms with Gasteiger partial charge in [0, 0.05) is 23.2 Å². The zero-order valence-corrected chi connectivity index (χ0v) is 20.8. The molecule has 0 radical (unpaired) electrons. The highest BCUT2D eigenvalue weighted by Gasteiger charge is 2.31. The number of imidazole rings is 1. The molecule has 8 nitrogen and oxygen atoms in total. The molecule has 1 atom stereocenters. The van der Waals surface area contributed by atoms with Gasteiger partial charge in [-0.05, 0) is 55.0 Å². The van der Waals surface area contributed by atoms with Gasteiger partial charge in [0.1, 0.15) is 6.10 Å². The second-order valence-electron chi connectivity index (χ2n) is 9.57. The van der Waals surface area contributed by atoms with Crippen LogP contribution in [0.2, 0.25) is 0 Å². The number of amides is 1. The molecule has 2 aromatic carbocycles. The molecule has 0 aliphatic heterocycles. The molecule has 1 aliphatic carbocycles. The third kappa shape index (κ3) is 5.11. The SMILES string of the molecule is Cc1c(C(N)=O)ccc(-c2cnc3c(NCCC(F)(F)F)cc(C(O)c4cccc(F)c4O)nn23)c1C1CC1. The summed E-state index contributed by atoms with van der Waals surface area (Å²) >= 11 is 0. The molecule has 1 amide bonds. The average Bonchev–Trinajstić information content (AvgIpc) is 3.61. The zero-order chi connectivity index (χ0) is 28.1. The fraction of sp³-hybridized carbons (Fsp3) is 0.296. The van der Waals surface area contributed by atoms with E-state index in [-0.39, 0.29) is 28.5 Å². The van der Waals surface area contributed by atoms with E-state index in [9.17, 15) is 32.6 Å². The lowest BCUT2D eigenvalue weighted by Crippen LogP contribution is -2.16. The maximum atomic E-state index is 14.0. The minimum absolute atomic E-state index is 0.0596. The van der Waals surface area contributed by atoms with Crippen LogP contribution in [0.3, 0.4) is 0 Å². The largest absolute Gasteiger partial charge is 0.505 e. The molecule has 4 aromatic rings. The second kappa shape index (κ2) is 9.84. The smallest absolute Gasteiger partial charge is 0.390 e. The molecule has 2 aromatic heterocycles. The molecule has 0 spiro atoms. The molecule has 204 valence electrons. The fourth-order valence-electron chi connectivity index (χ4n) is 4.80. The van der Waals surface area contributed by atoms with E-state index in [0.717, 1.165) is 30.0 Å². The second-order valence-corrected chi connectivity index (χ2v) is 9.57. The molecule has 5 N–H and O–H groups in total. The van der Waals surface area contributed by atoms with Crippen molar-refractivity contribution in [3.8, 4) is 17.0 Å². The highest BCUT2D eigenvalue weighted by atomic mass is 19.4. The lowest BCUT2D eigenvalue weighted by Gasteiger charge is -2.17. The molecule has 0 bridgehead atoms. The summed E-state index contributed by atoms with van der Waals surface area (Å²) in [6, 6.07) is 8.30. The number of hydrogen-bond donors (Lipinski definition) is 4. The first kappa shape index (κ1) is 26.4. The number of anilines is 1. The van der Waals surface area contributed by atoms with Gasteiger partial charge in [0.2, 0.25) is 5.91 Å². The molecule has 39 heavy (non-hydrogen) atoms. The van der Waals surface area contributed by atoms with E-state index in [1.54, 1.807) is 19.1 Å². The highest BCUT2D eigenvalue weighted by molar-refractivity contribution is 5.95. The van der Waals surface area contributed by atoms with Crippen LogP contribution in [0.15, 0.2) is 42.6 Å². The summed E-state index contributed by atoms with van der Waals surface area (Å²) in [4.78, 5) is 16.4. The molecule has 0 saturated heterocycles. The predicted molar refractivity (Wildman–Crippen MR) is 135 cm³/mol. The standard InChI is InChI=1S/C27H25F4N5O3/c1-13-15(25(32)39)7-8-16(22(13)14-5-6-14)21-12-34-26-20(33-10-9-27(29,30)31)11-19(35-36(21)26)24(38)17-3-2-4-18(28)23(17)37/h2-4,7-8,11-12,14,24,33,37-38H,5-6,9-10H2,1H3,(H2,32,39). The Kier molecular flexibility index (Phi) is 6.67. The van der Waals surface area contributed by atoms with Crippen molar-refractivity contribution in [3.63, 3.8) is 0 Å². The minimum Gasteiger partial charge on any atom is -0.505 e. The van der Waals surface area contributed by atoms with Crippen molar-refractivity contribution < 1.29 is 32.6 Å². The lowest BCUT2D eigenvalue weighted by molar-refractivity contribution is -0.131. The van der Waals surface area contributed by atoms with Gasteiger partial charge in [-0.25, -0.2) is 13.9 Å². The van der Waals surface area contributed by atoms with E-state index in [0.29, 0.717) is 16.8 Å². The molecule has 2 heterocycles. The van der Waals surface area contributed by atoms with Gasteiger partial charge in [0.25, 0.3) is 0 Å². The normalized spacial score (nSPS) is 14.5. The van der Waals surface area contributed by atoms with E-state index < -0.39 is 42.7 Å². The number of nitrogens with two attached hydrogens (primary N) is 1. The number of primary amides is 1. The molecule has 1 fully saturated rings. The number of aliphatic hydroxyl groups is 1. The van der Waals surface area contributed by atoms with Gasteiger partial charge in [0.05, 0.1) is 29.7 Å². The van der Waals surface area contributed by atoms with Gasteiger partial charge in [-0.1, -0.05) is 18.2 Å². The van der Waals surface area contributed by atoms with Crippen molar-refractivity contribution in [1.29, 1.82) is 0 Å². The number of phenols is 1. The van der Waals surface area contributed by atoms with Crippen LogP contribution in [0.1, 0.15) is 64.0 Å². The molecular formula is C27H25F4N5O3. The number of hydrogen-bond acceptors (Lipinski definition) is 6. The number of phenolic OH excluding ortho intramolecular Hbond substituents is 1. The van der Waals surface area contributed by atoms with Crippen molar-refractivity contribution in [2.24, 2.45) is 5.73 Å². The summed E-state index contributed by atoms with van der Waals surface area (Å²) < 4.78 is 53.9. The Bertz CT molecular complexity index is 1580. The van der Waals surface area contributed by atoms with Crippen LogP contribution in [-0.4, -0.2) is 43.4 Å². The maximum Gasteiger partial charge on any atom is 0.390 e. The number of aliphatic hydroxyl groups excluding tert-OH is 1. The third-order valence-corrected chi connectivity index (χ3v) is 6.85. The zero-order valence-electron chi connectivity index (χ0n) is 20.8. The van der Waals surface area contributed by atoms with Crippen LogP contribution in [-0.2, 0) is 0 Å². The van der Waals surface area contributed by atoms with Crippen molar-refractivity contribution in [3.05, 3.63) is 76.4 Å². The molecule has 1 unspecified atom stereocenters. The summed E-state index contributed by atoms with van der Waals surface area (Å²) in [6.45, 7) is 1.34. The Morgan fingerprint density at radius 3 is 2.67 bits per heavy atom. The van der Waals surface area contributed by atoms with Gasteiger partial charge in [-0.3, -0.25) is 4.79 Å². The van der Waals surface area contributed by atoms with Crippen LogP contribution in [0.4, 0.5) is 23.2 Å². The predicted octanol–water partition coefficient (Wildman–Crippen LogP) is 4.97. The average molecular weight is 544 g/mol. The summed E-state index contributed by atoms with van der Waals surface area (Å²) in [6.07, 6.45) is -3.79. The van der Waals surface area contributed by atoms with Crippen molar-refractivity contribution in [1.82, 2.24) is 14.6 Å². The molecular weight excluding hydrogens is 518 g/mol. The van der Waals surface area contributed by atoms with Crippen molar-refractivity contribution in [2.45, 2.75) is 44.4 Å². The number of alkyl halides is 3. The first-order valence-corrected chi connectivity index (χ1v) is 12.2. The molecule has 1 saturated carbocycles. The third-order valence-electron chi connectivity index (χ3n) is 6.85. The Morgan fingerprint density at radius 2 is 2.00 bits per heavy atom. The number of aromatic nitrogens is 3. The Hall–Kier alpha value is -4.19. The number of benzene rings is 2. The minimum atomic E-state index is -4.40. The van der Waals surface area contributed by atoms with E-state index in [2.05, 4.69) is 15.4 Å². The number of halogens is 4. The van der Waals surface area contributed by atoms with Crippen LogP contribution >= 0.6 is 0 Å². The molecule has 1 aliphatic rings. The first-order chi connectivity index (χ1) is 18.5. The Morgan fingerprint density at radius 1 is 1.26 bits per heavy atom. The Balaban J connectivity index is 1.68. The van der Waals surface area contributed by atoms with Crippen LogP contribution in [0, 0.1) is 12.7 Å².